The van der Waals surface area contributed by atoms with Gasteiger partial charge in [0.05, 0.1) is 13.2 Å². The second-order valence-electron chi connectivity index (χ2n) is 6.13. The fourth-order valence-corrected chi connectivity index (χ4v) is 2.97. The molecular weight excluding hydrogens is 429 g/mol. The fraction of sp³-hybridized carbons (Fsp3) is 0.500. The number of aromatic amines is 1. The van der Waals surface area contributed by atoms with E-state index in [9.17, 15) is 0 Å². The van der Waals surface area contributed by atoms with Gasteiger partial charge in [0, 0.05) is 50.4 Å². The molecule has 138 valence electrons. The Morgan fingerprint density at radius 3 is 2.88 bits per heavy atom. The number of H-pyrrole nitrogens is 1. The SMILES string of the molecule is I.NC(=NCCCN1CCOCC1)NCCc1cc2ccccc2[nH]1. The summed E-state index contributed by atoms with van der Waals surface area (Å²) in [5.74, 6) is 0.535. The van der Waals surface area contributed by atoms with Crippen LogP contribution in [0.4, 0.5) is 0 Å². The number of guanidine groups is 1. The normalized spacial score (nSPS) is 15.9. The lowest BCUT2D eigenvalue weighted by Crippen LogP contribution is -2.37. The molecule has 7 heteroatoms. The summed E-state index contributed by atoms with van der Waals surface area (Å²) in [6, 6.07) is 10.5. The predicted octanol–water partition coefficient (Wildman–Crippen LogP) is 1.95. The number of hydrogen-bond donors (Lipinski definition) is 3. The van der Waals surface area contributed by atoms with E-state index in [0.29, 0.717) is 5.96 Å². The van der Waals surface area contributed by atoms with E-state index in [1.165, 1.54) is 16.6 Å². The topological polar surface area (TPSA) is 78.7 Å². The van der Waals surface area contributed by atoms with Gasteiger partial charge < -0.3 is 20.8 Å². The van der Waals surface area contributed by atoms with Crippen LogP contribution in [0.25, 0.3) is 10.9 Å². The van der Waals surface area contributed by atoms with Crippen LogP contribution in [0.3, 0.4) is 0 Å². The fourth-order valence-electron chi connectivity index (χ4n) is 2.97. The standard InChI is InChI=1S/C18H27N5O.HI/c19-18(20-7-3-9-23-10-12-24-13-11-23)21-8-6-16-14-15-4-1-2-5-17(15)22-16;/h1-2,4-5,14,22H,3,6-13H2,(H3,19,20,21);1H. The lowest BCUT2D eigenvalue weighted by molar-refractivity contribution is 0.0377. The van der Waals surface area contributed by atoms with Gasteiger partial charge in [0.25, 0.3) is 0 Å². The zero-order chi connectivity index (χ0) is 16.6. The van der Waals surface area contributed by atoms with Crippen LogP contribution >= 0.6 is 24.0 Å². The number of morpholine rings is 1. The minimum absolute atomic E-state index is 0. The number of rotatable bonds is 7. The van der Waals surface area contributed by atoms with Crippen molar-refractivity contribution in [3.63, 3.8) is 0 Å². The van der Waals surface area contributed by atoms with Crippen LogP contribution in [-0.2, 0) is 11.2 Å². The summed E-state index contributed by atoms with van der Waals surface area (Å²) in [5, 5.41) is 4.44. The van der Waals surface area contributed by atoms with E-state index in [0.717, 1.165) is 58.8 Å². The molecule has 0 spiro atoms. The zero-order valence-electron chi connectivity index (χ0n) is 14.5. The Morgan fingerprint density at radius 2 is 2.08 bits per heavy atom. The van der Waals surface area contributed by atoms with Gasteiger partial charge >= 0.3 is 0 Å². The number of benzene rings is 1. The van der Waals surface area contributed by atoms with Crippen LogP contribution in [-0.4, -0.2) is 61.8 Å². The number of aromatic nitrogens is 1. The molecule has 1 aliphatic heterocycles. The van der Waals surface area contributed by atoms with Gasteiger partial charge in [-0.3, -0.25) is 9.89 Å². The first kappa shape index (κ1) is 20.0. The minimum Gasteiger partial charge on any atom is -0.379 e. The number of nitrogens with one attached hydrogen (secondary N) is 2. The molecule has 0 saturated carbocycles. The van der Waals surface area contributed by atoms with Crippen LogP contribution < -0.4 is 11.1 Å². The van der Waals surface area contributed by atoms with Crippen molar-refractivity contribution in [2.45, 2.75) is 12.8 Å². The van der Waals surface area contributed by atoms with Gasteiger partial charge in [0.15, 0.2) is 5.96 Å². The molecule has 1 aromatic carbocycles. The summed E-state index contributed by atoms with van der Waals surface area (Å²) in [5.41, 5.74) is 8.32. The molecule has 0 aliphatic carbocycles. The highest BCUT2D eigenvalue weighted by atomic mass is 127. The summed E-state index contributed by atoms with van der Waals surface area (Å²) < 4.78 is 5.34. The predicted molar refractivity (Wildman–Crippen MR) is 114 cm³/mol. The second-order valence-corrected chi connectivity index (χ2v) is 6.13. The van der Waals surface area contributed by atoms with Crippen LogP contribution in [0, 0.1) is 0 Å². The highest BCUT2D eigenvalue weighted by molar-refractivity contribution is 14.0. The van der Waals surface area contributed by atoms with Gasteiger partial charge in [-0.1, -0.05) is 18.2 Å². The summed E-state index contributed by atoms with van der Waals surface area (Å²) in [6.07, 6.45) is 1.93. The van der Waals surface area contributed by atoms with Crippen molar-refractivity contribution in [1.82, 2.24) is 15.2 Å². The van der Waals surface area contributed by atoms with Crippen molar-refractivity contribution < 1.29 is 4.74 Å². The first-order valence-electron chi connectivity index (χ1n) is 8.72. The molecule has 1 aliphatic rings. The Labute approximate surface area is 166 Å². The van der Waals surface area contributed by atoms with E-state index in [1.807, 2.05) is 6.07 Å². The summed E-state index contributed by atoms with van der Waals surface area (Å²) in [7, 11) is 0. The van der Waals surface area contributed by atoms with E-state index < -0.39 is 0 Å². The molecule has 3 rings (SSSR count). The van der Waals surface area contributed by atoms with E-state index in [2.05, 4.69) is 44.5 Å². The maximum atomic E-state index is 5.93. The molecule has 1 saturated heterocycles. The van der Waals surface area contributed by atoms with Crippen molar-refractivity contribution in [1.29, 1.82) is 0 Å². The third-order valence-electron chi connectivity index (χ3n) is 4.30. The largest absolute Gasteiger partial charge is 0.379 e. The molecule has 0 atom stereocenters. The van der Waals surface area contributed by atoms with Gasteiger partial charge in [-0.2, -0.15) is 0 Å². The minimum atomic E-state index is 0. The lowest BCUT2D eigenvalue weighted by Gasteiger charge is -2.26. The molecule has 6 nitrogen and oxygen atoms in total. The third-order valence-corrected chi connectivity index (χ3v) is 4.30. The number of aliphatic imine (C=N–C) groups is 1. The lowest BCUT2D eigenvalue weighted by atomic mass is 10.2. The van der Waals surface area contributed by atoms with E-state index in [-0.39, 0.29) is 24.0 Å². The first-order valence-corrected chi connectivity index (χ1v) is 8.72. The quantitative estimate of drug-likeness (QED) is 0.257. The number of nitrogens with two attached hydrogens (primary N) is 1. The first-order chi connectivity index (χ1) is 11.8. The molecule has 0 unspecified atom stereocenters. The molecule has 2 heterocycles. The number of para-hydroxylation sites is 1. The number of fused-ring (bicyclic) bond motifs is 1. The summed E-state index contributed by atoms with van der Waals surface area (Å²) in [4.78, 5) is 10.2. The molecule has 1 fully saturated rings. The second kappa shape index (κ2) is 10.6. The van der Waals surface area contributed by atoms with Gasteiger partial charge in [0.2, 0.25) is 0 Å². The Kier molecular flexibility index (Phi) is 8.50. The Bertz CT molecular complexity index is 633. The highest BCUT2D eigenvalue weighted by Gasteiger charge is 2.08. The smallest absolute Gasteiger partial charge is 0.188 e. The van der Waals surface area contributed by atoms with Gasteiger partial charge in [-0.25, -0.2) is 0 Å². The van der Waals surface area contributed by atoms with Gasteiger partial charge in [-0.15, -0.1) is 24.0 Å². The number of nitrogens with zero attached hydrogens (tertiary/aromatic N) is 2. The number of halogens is 1. The van der Waals surface area contributed by atoms with Crippen molar-refractivity contribution in [2.24, 2.45) is 10.7 Å². The summed E-state index contributed by atoms with van der Waals surface area (Å²) >= 11 is 0. The van der Waals surface area contributed by atoms with Crippen molar-refractivity contribution >= 4 is 40.8 Å². The Balaban J connectivity index is 0.00000225. The Hall–Kier alpha value is -1.32. The molecular formula is C18H28IN5O. The van der Waals surface area contributed by atoms with Crippen molar-refractivity contribution in [2.75, 3.05) is 45.9 Å². The number of ether oxygens (including phenoxy) is 1. The molecule has 0 amide bonds. The average Bonchev–Trinajstić information content (AvgIpc) is 3.02. The van der Waals surface area contributed by atoms with Crippen molar-refractivity contribution in [3.05, 3.63) is 36.0 Å². The van der Waals surface area contributed by atoms with Crippen LogP contribution in [0.5, 0.6) is 0 Å². The molecule has 0 bridgehead atoms. The summed E-state index contributed by atoms with van der Waals surface area (Å²) in [6.45, 7) is 6.37. The molecule has 1 aromatic heterocycles. The maximum Gasteiger partial charge on any atom is 0.188 e. The van der Waals surface area contributed by atoms with E-state index in [4.69, 9.17) is 10.5 Å². The van der Waals surface area contributed by atoms with Crippen LogP contribution in [0.2, 0.25) is 0 Å². The van der Waals surface area contributed by atoms with Gasteiger partial charge in [-0.05, 0) is 23.9 Å². The van der Waals surface area contributed by atoms with Crippen LogP contribution in [0.1, 0.15) is 12.1 Å². The molecule has 2 aromatic rings. The Morgan fingerprint density at radius 1 is 1.28 bits per heavy atom. The van der Waals surface area contributed by atoms with Crippen molar-refractivity contribution in [3.8, 4) is 0 Å². The van der Waals surface area contributed by atoms with Gasteiger partial charge in [0.1, 0.15) is 0 Å². The molecule has 0 radical (unpaired) electrons. The maximum absolute atomic E-state index is 5.93. The average molecular weight is 457 g/mol. The van der Waals surface area contributed by atoms with E-state index >= 15 is 0 Å². The molecule has 25 heavy (non-hydrogen) atoms. The van der Waals surface area contributed by atoms with E-state index in [1.54, 1.807) is 0 Å². The monoisotopic (exact) mass is 457 g/mol. The zero-order valence-corrected chi connectivity index (χ0v) is 16.9. The number of hydrogen-bond acceptors (Lipinski definition) is 3. The van der Waals surface area contributed by atoms with Crippen LogP contribution in [0.15, 0.2) is 35.3 Å². The highest BCUT2D eigenvalue weighted by Crippen LogP contribution is 2.14. The third kappa shape index (κ3) is 6.48. The molecule has 4 N–H and O–H groups in total.